The second-order valence-corrected chi connectivity index (χ2v) is 8.31. The Kier molecular flexibility index (Phi) is 10.0. The van der Waals surface area contributed by atoms with Gasteiger partial charge in [0.25, 0.3) is 0 Å². The summed E-state index contributed by atoms with van der Waals surface area (Å²) in [6.07, 6.45) is 4.30. The maximum Gasteiger partial charge on any atom is 0.428 e. The molecule has 2 atom stereocenters. The van der Waals surface area contributed by atoms with Gasteiger partial charge < -0.3 is 8.85 Å². The molecule has 110 valence electrons. The van der Waals surface area contributed by atoms with Gasteiger partial charge in [0.2, 0.25) is 0 Å². The summed E-state index contributed by atoms with van der Waals surface area (Å²) in [5.41, 5.74) is 0.476. The molecule has 0 saturated carbocycles. The first-order valence-corrected chi connectivity index (χ1v) is 9.51. The van der Waals surface area contributed by atoms with Crippen LogP contribution in [-0.2, 0) is 8.85 Å². The van der Waals surface area contributed by atoms with Crippen molar-refractivity contribution in [3.63, 3.8) is 0 Å². The first kappa shape index (κ1) is 18.1. The van der Waals surface area contributed by atoms with Crippen LogP contribution in [0.5, 0.6) is 0 Å². The predicted molar refractivity (Wildman–Crippen MR) is 80.8 cm³/mol. The Morgan fingerprint density at radius 2 is 1.39 bits per heavy atom. The third kappa shape index (κ3) is 5.82. The van der Waals surface area contributed by atoms with Gasteiger partial charge in [0.1, 0.15) is 0 Å². The van der Waals surface area contributed by atoms with E-state index in [4.69, 9.17) is 8.85 Å². The van der Waals surface area contributed by atoms with Crippen molar-refractivity contribution in [2.75, 3.05) is 13.2 Å². The minimum Gasteiger partial charge on any atom is -0.383 e. The largest absolute Gasteiger partial charge is 0.428 e. The topological polar surface area (TPSA) is 30.5 Å². The summed E-state index contributed by atoms with van der Waals surface area (Å²) >= 11 is 0. The van der Waals surface area contributed by atoms with Gasteiger partial charge in [-0.05, 0) is 19.3 Å². The molecule has 18 heavy (non-hydrogen) atoms. The van der Waals surface area contributed by atoms with Gasteiger partial charge in [-0.15, -0.1) is 0 Å². The van der Waals surface area contributed by atoms with Crippen molar-refractivity contribution in [2.45, 2.75) is 78.8 Å². The van der Waals surface area contributed by atoms with Crippen LogP contribution in [0.2, 0.25) is 5.54 Å². The van der Waals surface area contributed by atoms with Crippen LogP contribution in [0.1, 0.15) is 67.2 Å². The summed E-state index contributed by atoms with van der Waals surface area (Å²) in [5.74, 6) is 0. The maximum absolute atomic E-state index is 6.21. The lowest BCUT2D eigenvalue weighted by Gasteiger charge is -2.37. The highest BCUT2D eigenvalue weighted by atomic mass is 28.4. The second-order valence-electron chi connectivity index (χ2n) is 5.13. The van der Waals surface area contributed by atoms with Gasteiger partial charge in [-0.1, -0.05) is 48.0 Å². The smallest absolute Gasteiger partial charge is 0.383 e. The lowest BCUT2D eigenvalue weighted by molar-refractivity contribution is 0.143. The predicted octanol–water partition coefficient (Wildman–Crippen LogP) is 3.97. The summed E-state index contributed by atoms with van der Waals surface area (Å²) in [7, 11) is -2.27. The minimum atomic E-state index is -2.27. The molecule has 0 spiro atoms. The first-order valence-electron chi connectivity index (χ1n) is 7.61. The zero-order valence-electron chi connectivity index (χ0n) is 13.2. The molecule has 0 saturated heterocycles. The summed E-state index contributed by atoms with van der Waals surface area (Å²) in [6, 6.07) is 0.458. The average Bonchev–Trinajstić information content (AvgIpc) is 2.40. The number of hydrogen-bond donors (Lipinski definition) is 1. The molecule has 3 nitrogen and oxygen atoms in total. The SMILES string of the molecule is CCCO[Si](NC(C)CC)(OCCC)C(C)CC. The normalized spacial score (nSPS) is 15.7. The fourth-order valence-corrected chi connectivity index (χ4v) is 5.32. The Hall–Kier alpha value is 0.0969. The maximum atomic E-state index is 6.21. The van der Waals surface area contributed by atoms with Crippen LogP contribution in [0.15, 0.2) is 0 Å². The van der Waals surface area contributed by atoms with Gasteiger partial charge in [0.05, 0.1) is 0 Å². The van der Waals surface area contributed by atoms with Crippen molar-refractivity contribution in [1.29, 1.82) is 0 Å². The van der Waals surface area contributed by atoms with Crippen LogP contribution in [-0.4, -0.2) is 28.0 Å². The van der Waals surface area contributed by atoms with Gasteiger partial charge in [-0.2, -0.15) is 0 Å². The highest BCUT2D eigenvalue weighted by Gasteiger charge is 2.44. The van der Waals surface area contributed by atoms with E-state index in [0.29, 0.717) is 11.6 Å². The van der Waals surface area contributed by atoms with E-state index in [1.165, 1.54) is 0 Å². The van der Waals surface area contributed by atoms with Gasteiger partial charge in [-0.25, -0.2) is 0 Å². The quantitative estimate of drug-likeness (QED) is 0.579. The van der Waals surface area contributed by atoms with Crippen LogP contribution in [0.25, 0.3) is 0 Å². The monoisotopic (exact) mass is 275 g/mol. The Morgan fingerprint density at radius 1 is 0.889 bits per heavy atom. The number of hydrogen-bond acceptors (Lipinski definition) is 3. The minimum absolute atomic E-state index is 0.458. The lowest BCUT2D eigenvalue weighted by Crippen LogP contribution is -2.62. The van der Waals surface area contributed by atoms with Crippen LogP contribution >= 0.6 is 0 Å². The zero-order valence-corrected chi connectivity index (χ0v) is 14.2. The van der Waals surface area contributed by atoms with Crippen molar-refractivity contribution in [3.05, 3.63) is 0 Å². The molecule has 0 bridgehead atoms. The van der Waals surface area contributed by atoms with E-state index in [1.54, 1.807) is 0 Å². The van der Waals surface area contributed by atoms with E-state index in [1.807, 2.05) is 0 Å². The Labute approximate surface area is 115 Å². The van der Waals surface area contributed by atoms with Crippen LogP contribution < -0.4 is 4.98 Å². The molecule has 0 fully saturated rings. The van der Waals surface area contributed by atoms with Crippen LogP contribution in [0, 0.1) is 0 Å². The third-order valence-electron chi connectivity index (χ3n) is 3.36. The van der Waals surface area contributed by atoms with E-state index in [-0.39, 0.29) is 0 Å². The summed E-state index contributed by atoms with van der Waals surface area (Å²) in [5, 5.41) is 0. The fraction of sp³-hybridized carbons (Fsp3) is 1.00. The standard InChI is InChI=1S/C14H33NO2Si/c1-7-11-16-18(14(6)10-4,17-12-8-2)15-13(5)9-3/h13-15H,7-12H2,1-6H3. The molecule has 0 aromatic rings. The molecule has 4 heteroatoms. The van der Waals surface area contributed by atoms with E-state index in [0.717, 1.165) is 38.9 Å². The first-order chi connectivity index (χ1) is 8.56. The van der Waals surface area contributed by atoms with Crippen molar-refractivity contribution in [2.24, 2.45) is 0 Å². The average molecular weight is 276 g/mol. The Balaban J connectivity index is 4.85. The molecule has 0 aromatic carbocycles. The Morgan fingerprint density at radius 3 is 1.72 bits per heavy atom. The summed E-state index contributed by atoms with van der Waals surface area (Å²) in [4.78, 5) is 3.69. The van der Waals surface area contributed by atoms with Gasteiger partial charge in [0.15, 0.2) is 0 Å². The van der Waals surface area contributed by atoms with Crippen LogP contribution in [0.3, 0.4) is 0 Å². The van der Waals surface area contributed by atoms with E-state index in [9.17, 15) is 0 Å². The van der Waals surface area contributed by atoms with Gasteiger partial charge >= 0.3 is 8.72 Å². The van der Waals surface area contributed by atoms with E-state index >= 15 is 0 Å². The molecule has 0 radical (unpaired) electrons. The molecule has 0 heterocycles. The van der Waals surface area contributed by atoms with Gasteiger partial charge in [0, 0.05) is 24.8 Å². The third-order valence-corrected chi connectivity index (χ3v) is 7.23. The van der Waals surface area contributed by atoms with Gasteiger partial charge in [-0.3, -0.25) is 4.98 Å². The highest BCUT2D eigenvalue weighted by molar-refractivity contribution is 6.66. The zero-order chi connectivity index (χ0) is 14.0. The lowest BCUT2D eigenvalue weighted by atomic mass is 10.3. The molecule has 2 unspecified atom stereocenters. The molecular weight excluding hydrogens is 242 g/mol. The molecule has 0 rings (SSSR count). The van der Waals surface area contributed by atoms with Crippen molar-refractivity contribution in [3.8, 4) is 0 Å². The number of rotatable bonds is 11. The van der Waals surface area contributed by atoms with Crippen LogP contribution in [0.4, 0.5) is 0 Å². The molecular formula is C14H33NO2Si. The molecule has 0 aliphatic heterocycles. The van der Waals surface area contributed by atoms with E-state index in [2.05, 4.69) is 46.5 Å². The van der Waals surface area contributed by atoms with Crippen molar-refractivity contribution < 1.29 is 8.85 Å². The van der Waals surface area contributed by atoms with E-state index < -0.39 is 8.72 Å². The second kappa shape index (κ2) is 9.95. The number of nitrogens with one attached hydrogen (secondary N) is 1. The fourth-order valence-electron chi connectivity index (χ4n) is 1.77. The summed E-state index contributed by atoms with van der Waals surface area (Å²) < 4.78 is 12.4. The molecule has 0 aliphatic rings. The molecule has 0 aromatic heterocycles. The molecule has 1 N–H and O–H groups in total. The highest BCUT2D eigenvalue weighted by Crippen LogP contribution is 2.26. The van der Waals surface area contributed by atoms with Crippen molar-refractivity contribution >= 4 is 8.72 Å². The summed E-state index contributed by atoms with van der Waals surface area (Å²) in [6.45, 7) is 14.8. The molecule has 0 aliphatic carbocycles. The molecule has 0 amide bonds. The van der Waals surface area contributed by atoms with Crippen molar-refractivity contribution in [1.82, 2.24) is 4.98 Å². The Bertz CT molecular complexity index is 194.